The second-order valence-electron chi connectivity index (χ2n) is 4.88. The second-order valence-corrected chi connectivity index (χ2v) is 8.02. The number of ether oxygens (including phenoxy) is 1. The van der Waals surface area contributed by atoms with Gasteiger partial charge in [0.25, 0.3) is 0 Å². The van der Waals surface area contributed by atoms with Gasteiger partial charge in [0.05, 0.1) is 18.6 Å². The Bertz CT molecular complexity index is 220. The van der Waals surface area contributed by atoms with Gasteiger partial charge in [-0.2, -0.15) is 0 Å². The van der Waals surface area contributed by atoms with Gasteiger partial charge in [-0.1, -0.05) is 6.92 Å². The Morgan fingerprint density at radius 3 is 1.78 bits per heavy atom. The molecule has 0 rings (SSSR count). The minimum absolute atomic E-state index is 0.0471. The fourth-order valence-electron chi connectivity index (χ4n) is 1.88. The zero-order valence-corrected chi connectivity index (χ0v) is 13.2. The van der Waals surface area contributed by atoms with Crippen LogP contribution in [0.15, 0.2) is 0 Å². The normalized spacial score (nSPS) is 22.0. The van der Waals surface area contributed by atoms with Crippen LogP contribution in [0.1, 0.15) is 34.1 Å². The van der Waals surface area contributed by atoms with Crippen LogP contribution in [0.4, 0.5) is 0 Å². The first-order chi connectivity index (χ1) is 8.18. The van der Waals surface area contributed by atoms with E-state index in [4.69, 9.17) is 30.8 Å². The fourth-order valence-corrected chi connectivity index (χ4v) is 4.84. The van der Waals surface area contributed by atoms with Crippen LogP contribution in [0.2, 0.25) is 12.6 Å². The predicted octanol–water partition coefficient (Wildman–Crippen LogP) is 0.801. The van der Waals surface area contributed by atoms with Gasteiger partial charge in [-0.3, -0.25) is 0 Å². The lowest BCUT2D eigenvalue weighted by molar-refractivity contribution is -0.000170. The number of hydrogen-bond acceptors (Lipinski definition) is 6. The van der Waals surface area contributed by atoms with Crippen molar-refractivity contribution in [3.63, 3.8) is 0 Å². The number of rotatable bonds is 9. The lowest BCUT2D eigenvalue weighted by Crippen LogP contribution is -2.50. The maximum Gasteiger partial charge on any atom is 0.339 e. The lowest BCUT2D eigenvalue weighted by Gasteiger charge is -2.33. The largest absolute Gasteiger partial charge is 0.379 e. The molecular weight excluding hydrogens is 250 g/mol. The first kappa shape index (κ1) is 18.0. The number of hydrogen-bond donors (Lipinski definition) is 3. The molecule has 0 heterocycles. The molecule has 18 heavy (non-hydrogen) atoms. The third kappa shape index (κ3) is 8.14. The maximum atomic E-state index is 5.76. The molecule has 0 fully saturated rings. The molecule has 0 aliphatic rings. The zero-order valence-electron chi connectivity index (χ0n) is 12.2. The minimum atomic E-state index is -2.45. The molecule has 0 aliphatic heterocycles. The van der Waals surface area contributed by atoms with Crippen LogP contribution in [0.5, 0.6) is 0 Å². The molecule has 0 aliphatic carbocycles. The van der Waals surface area contributed by atoms with Crippen molar-refractivity contribution < 1.29 is 13.6 Å². The maximum absolute atomic E-state index is 5.76. The summed E-state index contributed by atoms with van der Waals surface area (Å²) in [5, 5.41) is 0. The molecule has 0 radical (unpaired) electrons. The van der Waals surface area contributed by atoms with Gasteiger partial charge in [0.15, 0.2) is 0 Å². The van der Waals surface area contributed by atoms with E-state index in [1.54, 1.807) is 13.8 Å². The van der Waals surface area contributed by atoms with Crippen LogP contribution in [-0.2, 0) is 13.6 Å². The SMILES string of the molecule is CCC(N)OC(C)C[Si](C)(OC(C)N)OC(C)N. The molecule has 0 saturated heterocycles. The summed E-state index contributed by atoms with van der Waals surface area (Å²) in [5.74, 6) is 0. The summed E-state index contributed by atoms with van der Waals surface area (Å²) in [5.41, 5.74) is 17.1. The topological polar surface area (TPSA) is 106 Å². The van der Waals surface area contributed by atoms with Crippen molar-refractivity contribution in [2.75, 3.05) is 0 Å². The van der Waals surface area contributed by atoms with Crippen molar-refractivity contribution in [1.29, 1.82) is 0 Å². The third-order valence-corrected chi connectivity index (χ3v) is 5.40. The van der Waals surface area contributed by atoms with Crippen molar-refractivity contribution >= 4 is 8.56 Å². The number of nitrogens with two attached hydrogens (primary N) is 3. The summed E-state index contributed by atoms with van der Waals surface area (Å²) in [4.78, 5) is 0. The molecule has 0 saturated carbocycles. The molecule has 0 spiro atoms. The fraction of sp³-hybridized carbons (Fsp3) is 1.00. The molecular formula is C11H29N3O3Si. The Balaban J connectivity index is 4.47. The molecule has 6 N–H and O–H groups in total. The summed E-state index contributed by atoms with van der Waals surface area (Å²) in [7, 11) is -2.45. The van der Waals surface area contributed by atoms with Crippen molar-refractivity contribution in [3.05, 3.63) is 0 Å². The molecule has 0 aromatic carbocycles. The molecule has 0 bridgehead atoms. The lowest BCUT2D eigenvalue weighted by atomic mass is 10.4. The third-order valence-electron chi connectivity index (χ3n) is 2.34. The standard InChI is InChI=1S/C11H29N3O3Si/c1-6-11(14)15-8(2)7-18(5,16-9(3)12)17-10(4)13/h8-11H,6-7,12-14H2,1-5H3. The summed E-state index contributed by atoms with van der Waals surface area (Å²) in [6.45, 7) is 9.43. The summed E-state index contributed by atoms with van der Waals surface area (Å²) < 4.78 is 17.1. The van der Waals surface area contributed by atoms with Crippen molar-refractivity contribution in [2.45, 2.75) is 71.5 Å². The predicted molar refractivity (Wildman–Crippen MR) is 74.7 cm³/mol. The van der Waals surface area contributed by atoms with Crippen molar-refractivity contribution in [1.82, 2.24) is 0 Å². The van der Waals surface area contributed by atoms with E-state index in [2.05, 4.69) is 0 Å². The van der Waals surface area contributed by atoms with Crippen LogP contribution in [0.25, 0.3) is 0 Å². The van der Waals surface area contributed by atoms with E-state index in [0.717, 1.165) is 6.42 Å². The van der Waals surface area contributed by atoms with Gasteiger partial charge in [0.1, 0.15) is 6.23 Å². The summed E-state index contributed by atoms with van der Waals surface area (Å²) >= 11 is 0. The Morgan fingerprint density at radius 1 is 1.00 bits per heavy atom. The molecule has 4 atom stereocenters. The van der Waals surface area contributed by atoms with Crippen molar-refractivity contribution in [2.24, 2.45) is 17.2 Å². The molecule has 0 amide bonds. The minimum Gasteiger partial charge on any atom is -0.379 e. The van der Waals surface area contributed by atoms with Gasteiger partial charge >= 0.3 is 8.56 Å². The van der Waals surface area contributed by atoms with Crippen LogP contribution >= 0.6 is 0 Å². The van der Waals surface area contributed by atoms with Crippen LogP contribution in [0.3, 0.4) is 0 Å². The molecule has 0 aromatic rings. The van der Waals surface area contributed by atoms with Gasteiger partial charge in [-0.05, 0) is 33.7 Å². The summed E-state index contributed by atoms with van der Waals surface area (Å²) in [6, 6.07) is 0.643. The van der Waals surface area contributed by atoms with E-state index in [0.29, 0.717) is 6.04 Å². The molecule has 110 valence electrons. The highest BCUT2D eigenvalue weighted by atomic mass is 28.4. The Labute approximate surface area is 111 Å². The Morgan fingerprint density at radius 2 is 1.44 bits per heavy atom. The van der Waals surface area contributed by atoms with Gasteiger partial charge in [-0.15, -0.1) is 0 Å². The quantitative estimate of drug-likeness (QED) is 0.426. The highest BCUT2D eigenvalue weighted by Crippen LogP contribution is 2.20. The zero-order chi connectivity index (χ0) is 14.3. The van der Waals surface area contributed by atoms with Crippen LogP contribution in [0, 0.1) is 0 Å². The van der Waals surface area contributed by atoms with Crippen LogP contribution < -0.4 is 17.2 Å². The van der Waals surface area contributed by atoms with Gasteiger partial charge in [-0.25, -0.2) is 0 Å². The molecule has 0 aromatic heterocycles. The van der Waals surface area contributed by atoms with Crippen molar-refractivity contribution in [3.8, 4) is 0 Å². The average molecular weight is 279 g/mol. The van der Waals surface area contributed by atoms with Gasteiger partial charge in [0.2, 0.25) is 0 Å². The van der Waals surface area contributed by atoms with E-state index in [9.17, 15) is 0 Å². The highest BCUT2D eigenvalue weighted by Gasteiger charge is 2.36. The smallest absolute Gasteiger partial charge is 0.339 e. The first-order valence-electron chi connectivity index (χ1n) is 6.46. The van der Waals surface area contributed by atoms with E-state index in [1.165, 1.54) is 0 Å². The first-order valence-corrected chi connectivity index (χ1v) is 8.98. The van der Waals surface area contributed by atoms with E-state index >= 15 is 0 Å². The van der Waals surface area contributed by atoms with E-state index in [-0.39, 0.29) is 24.8 Å². The van der Waals surface area contributed by atoms with Gasteiger partial charge < -0.3 is 30.8 Å². The molecule has 7 heteroatoms. The van der Waals surface area contributed by atoms with Gasteiger partial charge in [0, 0.05) is 6.04 Å². The average Bonchev–Trinajstić information content (AvgIpc) is 2.12. The highest BCUT2D eigenvalue weighted by molar-refractivity contribution is 6.66. The van der Waals surface area contributed by atoms with Crippen LogP contribution in [-0.4, -0.2) is 33.3 Å². The Kier molecular flexibility index (Phi) is 8.20. The Hall–Kier alpha value is -0.0231. The molecule has 6 nitrogen and oxygen atoms in total. The molecule has 4 unspecified atom stereocenters. The monoisotopic (exact) mass is 279 g/mol. The second kappa shape index (κ2) is 8.21. The van der Waals surface area contributed by atoms with E-state index in [1.807, 2.05) is 20.4 Å². The van der Waals surface area contributed by atoms with E-state index < -0.39 is 8.56 Å². The summed E-state index contributed by atoms with van der Waals surface area (Å²) in [6.07, 6.45) is -0.303.